The van der Waals surface area contributed by atoms with E-state index in [1.54, 1.807) is 12.1 Å². The summed E-state index contributed by atoms with van der Waals surface area (Å²) in [5, 5.41) is 0. The van der Waals surface area contributed by atoms with Crippen molar-refractivity contribution in [1.29, 1.82) is 0 Å². The zero-order valence-electron chi connectivity index (χ0n) is 8.04. The normalized spacial score (nSPS) is 35.7. The Morgan fingerprint density at radius 3 is 2.79 bits per heavy atom. The third-order valence-corrected chi connectivity index (χ3v) is 3.61. The molecule has 14 heavy (non-hydrogen) atoms. The van der Waals surface area contributed by atoms with Crippen LogP contribution in [0.15, 0.2) is 24.3 Å². The minimum atomic E-state index is -0.205. The number of halogens is 1. The zero-order valence-corrected chi connectivity index (χ0v) is 8.04. The van der Waals surface area contributed by atoms with Gasteiger partial charge in [0.05, 0.1) is 0 Å². The Morgan fingerprint density at radius 2 is 2.14 bits per heavy atom. The summed E-state index contributed by atoms with van der Waals surface area (Å²) in [4.78, 5) is 0. The minimum absolute atomic E-state index is 0.172. The van der Waals surface area contributed by atoms with Crippen molar-refractivity contribution in [3.8, 4) is 0 Å². The molecule has 0 heterocycles. The molecule has 3 rings (SSSR count). The minimum Gasteiger partial charge on any atom is -0.321 e. The van der Waals surface area contributed by atoms with Crippen LogP contribution in [-0.4, -0.2) is 0 Å². The molecule has 2 heteroatoms. The molecule has 2 aliphatic rings. The number of nitrogens with two attached hydrogens (primary N) is 1. The van der Waals surface area contributed by atoms with E-state index >= 15 is 0 Å². The van der Waals surface area contributed by atoms with Crippen LogP contribution < -0.4 is 5.73 Å². The van der Waals surface area contributed by atoms with Crippen molar-refractivity contribution in [1.82, 2.24) is 0 Å². The number of rotatable bonds is 2. The molecule has 2 aliphatic carbocycles. The van der Waals surface area contributed by atoms with Crippen LogP contribution in [0, 0.1) is 17.7 Å². The van der Waals surface area contributed by atoms with E-state index in [2.05, 4.69) is 0 Å². The summed E-state index contributed by atoms with van der Waals surface area (Å²) in [5.41, 5.74) is 7.03. The SMILES string of the molecule is NC1(c2cccc(F)c2)CC1C1CC1. The Kier molecular flexibility index (Phi) is 1.55. The molecular formula is C12H14FN. The summed E-state index contributed by atoms with van der Waals surface area (Å²) in [5.74, 6) is 1.27. The molecule has 0 bridgehead atoms. The van der Waals surface area contributed by atoms with Crippen molar-refractivity contribution >= 4 is 0 Å². The van der Waals surface area contributed by atoms with Gasteiger partial charge in [0, 0.05) is 5.54 Å². The van der Waals surface area contributed by atoms with Gasteiger partial charge in [0.2, 0.25) is 0 Å². The molecule has 2 saturated carbocycles. The second kappa shape index (κ2) is 2.57. The van der Waals surface area contributed by atoms with Crippen LogP contribution >= 0.6 is 0 Å². The van der Waals surface area contributed by atoms with Crippen LogP contribution in [0.5, 0.6) is 0 Å². The summed E-state index contributed by atoms with van der Waals surface area (Å²) in [7, 11) is 0. The maximum absolute atomic E-state index is 13.0. The van der Waals surface area contributed by atoms with Gasteiger partial charge in [-0.05, 0) is 48.8 Å². The Morgan fingerprint density at radius 1 is 1.36 bits per heavy atom. The first-order chi connectivity index (χ1) is 6.70. The van der Waals surface area contributed by atoms with Gasteiger partial charge in [-0.1, -0.05) is 12.1 Å². The summed E-state index contributed by atoms with van der Waals surface area (Å²) in [6, 6.07) is 6.76. The van der Waals surface area contributed by atoms with E-state index in [0.29, 0.717) is 5.92 Å². The second-order valence-electron chi connectivity index (χ2n) is 4.70. The van der Waals surface area contributed by atoms with Gasteiger partial charge in [0.15, 0.2) is 0 Å². The fourth-order valence-corrected chi connectivity index (χ4v) is 2.50. The molecule has 0 aliphatic heterocycles. The molecule has 2 unspecified atom stereocenters. The van der Waals surface area contributed by atoms with Crippen LogP contribution in [0.1, 0.15) is 24.8 Å². The first-order valence-electron chi connectivity index (χ1n) is 5.25. The predicted octanol–water partition coefficient (Wildman–Crippen LogP) is 2.41. The van der Waals surface area contributed by atoms with Crippen molar-refractivity contribution in [2.75, 3.05) is 0 Å². The summed E-state index contributed by atoms with van der Waals surface area (Å²) in [6.07, 6.45) is 3.68. The summed E-state index contributed by atoms with van der Waals surface area (Å²) >= 11 is 0. The fourth-order valence-electron chi connectivity index (χ4n) is 2.50. The molecule has 2 N–H and O–H groups in total. The standard InChI is InChI=1S/C12H14FN/c13-10-3-1-2-9(6-10)12(14)7-11(12)8-4-5-8/h1-3,6,8,11H,4-5,7,14H2. The highest BCUT2D eigenvalue weighted by atomic mass is 19.1. The molecule has 2 atom stereocenters. The molecule has 0 amide bonds. The molecule has 0 aromatic heterocycles. The average molecular weight is 191 g/mol. The summed E-state index contributed by atoms with van der Waals surface area (Å²) in [6.45, 7) is 0. The van der Waals surface area contributed by atoms with Crippen LogP contribution in [0.25, 0.3) is 0 Å². The smallest absolute Gasteiger partial charge is 0.123 e. The highest BCUT2D eigenvalue weighted by molar-refractivity contribution is 5.33. The van der Waals surface area contributed by atoms with E-state index in [1.165, 1.54) is 18.9 Å². The predicted molar refractivity (Wildman–Crippen MR) is 53.1 cm³/mol. The van der Waals surface area contributed by atoms with Crippen molar-refractivity contribution in [2.24, 2.45) is 17.6 Å². The van der Waals surface area contributed by atoms with Gasteiger partial charge in [0.1, 0.15) is 5.82 Å². The lowest BCUT2D eigenvalue weighted by Crippen LogP contribution is -2.22. The van der Waals surface area contributed by atoms with E-state index < -0.39 is 0 Å². The molecule has 1 aromatic carbocycles. The van der Waals surface area contributed by atoms with E-state index in [0.717, 1.165) is 17.9 Å². The molecule has 0 spiro atoms. The van der Waals surface area contributed by atoms with E-state index in [9.17, 15) is 4.39 Å². The van der Waals surface area contributed by atoms with Gasteiger partial charge in [-0.2, -0.15) is 0 Å². The van der Waals surface area contributed by atoms with Crippen LogP contribution in [0.2, 0.25) is 0 Å². The quantitative estimate of drug-likeness (QED) is 0.763. The molecule has 1 nitrogen and oxygen atoms in total. The van der Waals surface area contributed by atoms with Crippen LogP contribution in [-0.2, 0) is 5.54 Å². The Bertz CT molecular complexity index is 372. The van der Waals surface area contributed by atoms with Crippen molar-refractivity contribution in [2.45, 2.75) is 24.8 Å². The van der Waals surface area contributed by atoms with Crippen LogP contribution in [0.4, 0.5) is 4.39 Å². The maximum atomic E-state index is 13.0. The third kappa shape index (κ3) is 1.17. The highest BCUT2D eigenvalue weighted by Gasteiger charge is 2.58. The molecular weight excluding hydrogens is 177 g/mol. The van der Waals surface area contributed by atoms with Gasteiger partial charge in [-0.15, -0.1) is 0 Å². The average Bonchev–Trinajstić information content (AvgIpc) is 2.98. The van der Waals surface area contributed by atoms with E-state index in [-0.39, 0.29) is 11.4 Å². The lowest BCUT2D eigenvalue weighted by molar-refractivity contribution is 0.566. The lowest BCUT2D eigenvalue weighted by Gasteiger charge is -2.11. The summed E-state index contributed by atoms with van der Waals surface area (Å²) < 4.78 is 13.0. The van der Waals surface area contributed by atoms with Crippen LogP contribution in [0.3, 0.4) is 0 Å². The van der Waals surface area contributed by atoms with Gasteiger partial charge >= 0.3 is 0 Å². The lowest BCUT2D eigenvalue weighted by atomic mass is 10.0. The first-order valence-corrected chi connectivity index (χ1v) is 5.25. The largest absolute Gasteiger partial charge is 0.321 e. The Hall–Kier alpha value is -0.890. The second-order valence-corrected chi connectivity index (χ2v) is 4.70. The van der Waals surface area contributed by atoms with E-state index in [4.69, 9.17) is 5.73 Å². The molecule has 0 saturated heterocycles. The van der Waals surface area contributed by atoms with Crippen molar-refractivity contribution in [3.05, 3.63) is 35.6 Å². The molecule has 0 radical (unpaired) electrons. The number of hydrogen-bond acceptors (Lipinski definition) is 1. The topological polar surface area (TPSA) is 26.0 Å². The molecule has 74 valence electrons. The highest BCUT2D eigenvalue weighted by Crippen LogP contribution is 2.60. The molecule has 1 aromatic rings. The number of benzene rings is 1. The zero-order chi connectivity index (χ0) is 9.76. The Balaban J connectivity index is 1.88. The monoisotopic (exact) mass is 191 g/mol. The number of hydrogen-bond donors (Lipinski definition) is 1. The third-order valence-electron chi connectivity index (χ3n) is 3.61. The maximum Gasteiger partial charge on any atom is 0.123 e. The van der Waals surface area contributed by atoms with E-state index in [1.807, 2.05) is 6.07 Å². The molecule has 2 fully saturated rings. The Labute approximate surface area is 83.1 Å². The van der Waals surface area contributed by atoms with Crippen molar-refractivity contribution < 1.29 is 4.39 Å². The van der Waals surface area contributed by atoms with Gasteiger partial charge < -0.3 is 5.73 Å². The van der Waals surface area contributed by atoms with Crippen molar-refractivity contribution in [3.63, 3.8) is 0 Å². The first kappa shape index (κ1) is 8.42. The van der Waals surface area contributed by atoms with Gasteiger partial charge in [-0.25, -0.2) is 4.39 Å². The van der Waals surface area contributed by atoms with Gasteiger partial charge in [0.25, 0.3) is 0 Å². The van der Waals surface area contributed by atoms with Gasteiger partial charge in [-0.3, -0.25) is 0 Å². The fraction of sp³-hybridized carbons (Fsp3) is 0.500.